The van der Waals surface area contributed by atoms with Gasteiger partial charge < -0.3 is 44.2 Å². The van der Waals surface area contributed by atoms with E-state index in [4.69, 9.17) is 28.4 Å². The van der Waals surface area contributed by atoms with Gasteiger partial charge in [0.1, 0.15) is 6.10 Å². The number of rotatable bonds is 21. The molecule has 2 aromatic rings. The van der Waals surface area contributed by atoms with Crippen LogP contribution in [0, 0.1) is 11.8 Å². The molecule has 2 aromatic carbocycles. The lowest BCUT2D eigenvalue weighted by molar-refractivity contribution is -0.0907. The third-order valence-electron chi connectivity index (χ3n) is 8.14. The van der Waals surface area contributed by atoms with Crippen LogP contribution in [0.25, 0.3) is 0 Å². The largest absolute Gasteiger partial charge is 0.443 e. The molecule has 0 saturated carbocycles. The Kier molecular flexibility index (Phi) is 15.3. The molecule has 13 nitrogen and oxygen atoms in total. The van der Waals surface area contributed by atoms with Gasteiger partial charge in [-0.15, -0.1) is 0 Å². The molecule has 268 valence electrons. The lowest BCUT2D eigenvalue weighted by Crippen LogP contribution is -2.51. The predicted molar refractivity (Wildman–Crippen MR) is 179 cm³/mol. The van der Waals surface area contributed by atoms with Gasteiger partial charge in [0, 0.05) is 32.4 Å². The highest BCUT2D eigenvalue weighted by Crippen LogP contribution is 2.33. The molecule has 2 fully saturated rings. The standard InChI is InChI=1S/C34H51N3O10S/c1-25(2)22-37(48(40,41)28-11-9-27(10-12-28)35-14-16-43-19-20-44-18-17-42-3)23-31(38)30(21-26-7-5-4-6-8-26)36-34(39)47-32-24-46-33-29(32)13-15-45-33/h4-12,25,29-33,35,38H,13-24H2,1-3H3,(H,36,39)/t29-,30-,31?,32-,33+/m0/s1. The number of amides is 1. The number of nitrogens with one attached hydrogen (secondary N) is 2. The zero-order chi connectivity index (χ0) is 34.4. The number of nitrogens with zero attached hydrogens (tertiary/aromatic N) is 1. The number of ether oxygens (including phenoxy) is 6. The monoisotopic (exact) mass is 693 g/mol. The Hall–Kier alpha value is -2.82. The molecule has 4 rings (SSSR count). The SMILES string of the molecule is COCCOCCOCCNc1ccc(S(=O)(=O)N(CC(C)C)CC(O)[C@H](Cc2ccccc2)NC(=O)O[C@H]2CO[C@H]3OCC[C@H]32)cc1. The normalized spacial score (nSPS) is 20.5. The number of benzene rings is 2. The number of alkyl carbamates (subject to hydrolysis) is 1. The molecule has 0 bridgehead atoms. The first-order chi connectivity index (χ1) is 23.2. The molecule has 2 saturated heterocycles. The average molecular weight is 694 g/mol. The first-order valence-electron chi connectivity index (χ1n) is 16.6. The van der Waals surface area contributed by atoms with Crippen molar-refractivity contribution >= 4 is 21.8 Å². The molecule has 48 heavy (non-hydrogen) atoms. The number of aliphatic hydroxyl groups is 1. The van der Waals surface area contributed by atoms with E-state index in [2.05, 4.69) is 10.6 Å². The lowest BCUT2D eigenvalue weighted by atomic mass is 10.0. The molecule has 5 atom stereocenters. The Bertz CT molecular complexity index is 1330. The number of carbonyl (C=O) groups is 1. The average Bonchev–Trinajstić information content (AvgIpc) is 3.69. The molecular weight excluding hydrogens is 642 g/mol. The Morgan fingerprint density at radius 1 is 0.979 bits per heavy atom. The number of hydrogen-bond donors (Lipinski definition) is 3. The summed E-state index contributed by atoms with van der Waals surface area (Å²) >= 11 is 0. The van der Waals surface area contributed by atoms with Crippen molar-refractivity contribution in [3.8, 4) is 0 Å². The Balaban J connectivity index is 1.37. The molecule has 2 aliphatic rings. The number of aliphatic hydroxyl groups excluding tert-OH is 1. The van der Waals surface area contributed by atoms with Crippen molar-refractivity contribution in [2.45, 2.75) is 56.1 Å². The first kappa shape index (κ1) is 38.0. The van der Waals surface area contributed by atoms with Crippen LogP contribution in [-0.2, 0) is 44.9 Å². The van der Waals surface area contributed by atoms with E-state index < -0.39 is 34.4 Å². The van der Waals surface area contributed by atoms with Crippen molar-refractivity contribution in [1.82, 2.24) is 9.62 Å². The highest BCUT2D eigenvalue weighted by molar-refractivity contribution is 7.89. The highest BCUT2D eigenvalue weighted by atomic mass is 32.2. The van der Waals surface area contributed by atoms with Crippen LogP contribution >= 0.6 is 0 Å². The number of anilines is 1. The van der Waals surface area contributed by atoms with Crippen LogP contribution in [0.5, 0.6) is 0 Å². The number of carbonyl (C=O) groups excluding carboxylic acids is 1. The van der Waals surface area contributed by atoms with Gasteiger partial charge in [-0.05, 0) is 48.6 Å². The molecule has 0 aromatic heterocycles. The third kappa shape index (κ3) is 11.7. The minimum Gasteiger partial charge on any atom is -0.443 e. The topological polar surface area (TPSA) is 154 Å². The van der Waals surface area contributed by atoms with E-state index in [1.54, 1.807) is 31.4 Å². The molecule has 2 heterocycles. The predicted octanol–water partition coefficient (Wildman–Crippen LogP) is 2.88. The highest BCUT2D eigenvalue weighted by Gasteiger charge is 2.44. The fourth-order valence-corrected chi connectivity index (χ4v) is 7.28. The van der Waals surface area contributed by atoms with Gasteiger partial charge in [0.15, 0.2) is 6.29 Å². The maximum absolute atomic E-state index is 13.9. The number of sulfonamides is 1. The summed E-state index contributed by atoms with van der Waals surface area (Å²) in [7, 11) is -2.37. The van der Waals surface area contributed by atoms with Gasteiger partial charge in [0.2, 0.25) is 10.0 Å². The number of fused-ring (bicyclic) bond motifs is 1. The summed E-state index contributed by atoms with van der Waals surface area (Å²) in [6, 6.07) is 15.1. The fraction of sp³-hybridized carbons (Fsp3) is 0.618. The number of methoxy groups -OCH3 is 1. The molecule has 0 radical (unpaired) electrons. The maximum atomic E-state index is 13.9. The molecule has 1 unspecified atom stereocenters. The first-order valence-corrected chi connectivity index (χ1v) is 18.0. The smallest absolute Gasteiger partial charge is 0.407 e. The van der Waals surface area contributed by atoms with Gasteiger partial charge in [-0.3, -0.25) is 0 Å². The second-order valence-corrected chi connectivity index (χ2v) is 14.3. The van der Waals surface area contributed by atoms with Crippen molar-refractivity contribution in [2.75, 3.05) is 78.3 Å². The molecule has 3 N–H and O–H groups in total. The van der Waals surface area contributed by atoms with Crippen LogP contribution in [0.15, 0.2) is 59.5 Å². The molecule has 0 spiro atoms. The van der Waals surface area contributed by atoms with Gasteiger partial charge in [0.25, 0.3) is 0 Å². The van der Waals surface area contributed by atoms with Crippen LogP contribution < -0.4 is 10.6 Å². The van der Waals surface area contributed by atoms with Gasteiger partial charge in [-0.25, -0.2) is 13.2 Å². The fourth-order valence-electron chi connectivity index (χ4n) is 5.66. The molecule has 14 heteroatoms. The summed E-state index contributed by atoms with van der Waals surface area (Å²) in [5.41, 5.74) is 1.62. The van der Waals surface area contributed by atoms with Crippen molar-refractivity contribution in [3.63, 3.8) is 0 Å². The van der Waals surface area contributed by atoms with Gasteiger partial charge in [0.05, 0.1) is 69.2 Å². The van der Waals surface area contributed by atoms with E-state index in [0.29, 0.717) is 46.2 Å². The van der Waals surface area contributed by atoms with Gasteiger partial charge in [-0.1, -0.05) is 44.2 Å². The minimum absolute atomic E-state index is 0.0206. The van der Waals surface area contributed by atoms with E-state index in [9.17, 15) is 18.3 Å². The zero-order valence-electron chi connectivity index (χ0n) is 28.1. The Morgan fingerprint density at radius 3 is 2.40 bits per heavy atom. The molecule has 0 aliphatic carbocycles. The van der Waals surface area contributed by atoms with Crippen molar-refractivity contribution < 1.29 is 46.7 Å². The summed E-state index contributed by atoms with van der Waals surface area (Å²) in [5.74, 6) is -0.0564. The maximum Gasteiger partial charge on any atom is 0.407 e. The summed E-state index contributed by atoms with van der Waals surface area (Å²) in [6.45, 7) is 7.58. The van der Waals surface area contributed by atoms with Gasteiger partial charge in [-0.2, -0.15) is 4.31 Å². The summed E-state index contributed by atoms with van der Waals surface area (Å²) < 4.78 is 61.7. The Labute approximate surface area is 284 Å². The summed E-state index contributed by atoms with van der Waals surface area (Å²) in [5, 5.41) is 17.6. The van der Waals surface area contributed by atoms with E-state index in [-0.39, 0.29) is 49.1 Å². The van der Waals surface area contributed by atoms with Crippen LogP contribution in [-0.4, -0.2) is 121 Å². The van der Waals surface area contributed by atoms with E-state index >= 15 is 0 Å². The second kappa shape index (κ2) is 19.4. The van der Waals surface area contributed by atoms with Crippen LogP contribution in [0.3, 0.4) is 0 Å². The van der Waals surface area contributed by atoms with Crippen LogP contribution in [0.4, 0.5) is 10.5 Å². The molecule has 1 amide bonds. The molecular formula is C34H51N3O10S. The Morgan fingerprint density at radius 2 is 1.69 bits per heavy atom. The number of hydrogen-bond acceptors (Lipinski definition) is 11. The van der Waals surface area contributed by atoms with E-state index in [1.165, 1.54) is 4.31 Å². The van der Waals surface area contributed by atoms with E-state index in [0.717, 1.165) is 17.7 Å². The van der Waals surface area contributed by atoms with E-state index in [1.807, 2.05) is 44.2 Å². The van der Waals surface area contributed by atoms with Crippen LogP contribution in [0.1, 0.15) is 25.8 Å². The van der Waals surface area contributed by atoms with Crippen molar-refractivity contribution in [3.05, 3.63) is 60.2 Å². The third-order valence-corrected chi connectivity index (χ3v) is 9.99. The van der Waals surface area contributed by atoms with Crippen LogP contribution in [0.2, 0.25) is 0 Å². The second-order valence-electron chi connectivity index (χ2n) is 12.4. The molecule has 2 aliphatic heterocycles. The van der Waals surface area contributed by atoms with Gasteiger partial charge >= 0.3 is 6.09 Å². The summed E-state index contributed by atoms with van der Waals surface area (Å²) in [4.78, 5) is 13.2. The zero-order valence-corrected chi connectivity index (χ0v) is 28.9. The van der Waals surface area contributed by atoms with Crippen molar-refractivity contribution in [1.29, 1.82) is 0 Å². The minimum atomic E-state index is -3.99. The van der Waals surface area contributed by atoms with Crippen molar-refractivity contribution in [2.24, 2.45) is 11.8 Å². The summed E-state index contributed by atoms with van der Waals surface area (Å²) in [6.07, 6.45) is -1.76. The lowest BCUT2D eigenvalue weighted by Gasteiger charge is -2.31. The quantitative estimate of drug-likeness (QED) is 0.166.